The van der Waals surface area contributed by atoms with Crippen LogP contribution in [0, 0.1) is 5.82 Å². The molecular weight excluding hydrogens is 263 g/mol. The van der Waals surface area contributed by atoms with E-state index in [-0.39, 0.29) is 37.5 Å². The van der Waals surface area contributed by atoms with E-state index in [1.54, 1.807) is 18.2 Å². The van der Waals surface area contributed by atoms with E-state index in [0.29, 0.717) is 18.4 Å². The largest absolute Gasteiger partial charge is 0.394 e. The average molecular weight is 282 g/mol. The van der Waals surface area contributed by atoms with Crippen LogP contribution in [-0.2, 0) is 20.9 Å². The van der Waals surface area contributed by atoms with Crippen molar-refractivity contribution in [2.75, 3.05) is 13.2 Å². The highest BCUT2D eigenvalue weighted by Crippen LogP contribution is 2.22. The minimum Gasteiger partial charge on any atom is -0.394 e. The third-order valence-electron chi connectivity index (χ3n) is 3.37. The number of ketones is 1. The van der Waals surface area contributed by atoms with Gasteiger partial charge in [0, 0.05) is 12.0 Å². The lowest BCUT2D eigenvalue weighted by molar-refractivity contribution is -0.151. The van der Waals surface area contributed by atoms with Crippen LogP contribution >= 0.6 is 0 Å². The second kappa shape index (κ2) is 7.47. The molecule has 2 atom stereocenters. The number of rotatable bonds is 6. The van der Waals surface area contributed by atoms with Crippen LogP contribution in [0.15, 0.2) is 24.3 Å². The van der Waals surface area contributed by atoms with Crippen molar-refractivity contribution >= 4 is 5.78 Å². The zero-order chi connectivity index (χ0) is 14.4. The van der Waals surface area contributed by atoms with E-state index in [2.05, 4.69) is 0 Å². The summed E-state index contributed by atoms with van der Waals surface area (Å²) in [5.41, 5.74) is 0.423. The molecule has 2 rings (SSSR count). The molecule has 0 spiro atoms. The van der Waals surface area contributed by atoms with Crippen LogP contribution in [0.2, 0.25) is 0 Å². The molecule has 0 saturated heterocycles. The van der Waals surface area contributed by atoms with Crippen molar-refractivity contribution in [1.82, 2.24) is 0 Å². The Bertz CT molecular complexity index is 449. The zero-order valence-electron chi connectivity index (χ0n) is 11.3. The Morgan fingerprint density at radius 2 is 2.10 bits per heavy atom. The molecule has 1 aliphatic rings. The Labute approximate surface area is 117 Å². The summed E-state index contributed by atoms with van der Waals surface area (Å²) in [6.45, 7) is 0.129. The van der Waals surface area contributed by atoms with Crippen LogP contribution in [-0.4, -0.2) is 36.3 Å². The lowest BCUT2D eigenvalue weighted by Gasteiger charge is -2.30. The molecule has 1 N–H and O–H groups in total. The van der Waals surface area contributed by atoms with Gasteiger partial charge >= 0.3 is 0 Å². The van der Waals surface area contributed by atoms with Crippen LogP contribution in [0.1, 0.15) is 24.8 Å². The molecule has 1 aliphatic carbocycles. The molecule has 1 aromatic carbocycles. The summed E-state index contributed by atoms with van der Waals surface area (Å²) >= 11 is 0. The average Bonchev–Trinajstić information content (AvgIpc) is 2.45. The van der Waals surface area contributed by atoms with E-state index in [0.717, 1.165) is 6.42 Å². The molecule has 110 valence electrons. The summed E-state index contributed by atoms with van der Waals surface area (Å²) < 4.78 is 24.5. The first-order valence-corrected chi connectivity index (χ1v) is 6.82. The van der Waals surface area contributed by atoms with Crippen molar-refractivity contribution in [1.29, 1.82) is 0 Å². The van der Waals surface area contributed by atoms with Crippen molar-refractivity contribution in [2.45, 2.75) is 38.1 Å². The van der Waals surface area contributed by atoms with E-state index < -0.39 is 6.10 Å². The molecular formula is C15H19FO4. The van der Waals surface area contributed by atoms with Gasteiger partial charge in [-0.3, -0.25) is 4.79 Å². The highest BCUT2D eigenvalue weighted by molar-refractivity contribution is 5.84. The number of hydrogen-bond acceptors (Lipinski definition) is 4. The van der Waals surface area contributed by atoms with E-state index in [4.69, 9.17) is 14.6 Å². The lowest BCUT2D eigenvalue weighted by atomic mass is 9.93. The fourth-order valence-electron chi connectivity index (χ4n) is 2.35. The molecule has 20 heavy (non-hydrogen) atoms. The molecule has 0 aliphatic heterocycles. The van der Waals surface area contributed by atoms with Crippen molar-refractivity contribution in [3.8, 4) is 0 Å². The number of Topliss-reactive ketones (excluding diaryl/α,β-unsaturated/α-hetero) is 1. The molecule has 0 aromatic heterocycles. The predicted molar refractivity (Wildman–Crippen MR) is 70.7 cm³/mol. The molecule has 0 amide bonds. The number of halogens is 1. The van der Waals surface area contributed by atoms with Crippen molar-refractivity contribution in [2.24, 2.45) is 0 Å². The Kier molecular flexibility index (Phi) is 5.64. The number of aliphatic hydroxyl groups excluding tert-OH is 1. The van der Waals surface area contributed by atoms with Gasteiger partial charge in [-0.1, -0.05) is 18.2 Å². The molecule has 1 aromatic rings. The fraction of sp³-hybridized carbons (Fsp3) is 0.533. The maximum Gasteiger partial charge on any atom is 0.164 e. The molecule has 0 heterocycles. The quantitative estimate of drug-likeness (QED) is 0.865. The molecule has 4 nitrogen and oxygen atoms in total. The number of aliphatic hydroxyl groups is 1. The van der Waals surface area contributed by atoms with E-state index in [9.17, 15) is 9.18 Å². The van der Waals surface area contributed by atoms with E-state index >= 15 is 0 Å². The number of carbonyl (C=O) groups excluding carboxylic acids is 1. The smallest absolute Gasteiger partial charge is 0.164 e. The van der Waals surface area contributed by atoms with Crippen molar-refractivity contribution in [3.05, 3.63) is 35.6 Å². The summed E-state index contributed by atoms with van der Waals surface area (Å²) in [7, 11) is 0. The summed E-state index contributed by atoms with van der Waals surface area (Å²) in [5, 5.41) is 8.79. The maximum absolute atomic E-state index is 13.5. The Morgan fingerprint density at radius 1 is 1.30 bits per heavy atom. The molecule has 1 fully saturated rings. The first-order chi connectivity index (χ1) is 9.72. The second-order valence-electron chi connectivity index (χ2n) is 4.81. The van der Waals surface area contributed by atoms with E-state index in [1.807, 2.05) is 0 Å². The first-order valence-electron chi connectivity index (χ1n) is 6.82. The van der Waals surface area contributed by atoms with Crippen LogP contribution in [0.5, 0.6) is 0 Å². The zero-order valence-corrected chi connectivity index (χ0v) is 11.3. The molecule has 1 saturated carbocycles. The Hall–Kier alpha value is -1.30. The van der Waals surface area contributed by atoms with Crippen molar-refractivity contribution in [3.63, 3.8) is 0 Å². The fourth-order valence-corrected chi connectivity index (χ4v) is 2.35. The van der Waals surface area contributed by atoms with Gasteiger partial charge in [0.1, 0.15) is 11.9 Å². The minimum atomic E-state index is -0.671. The van der Waals surface area contributed by atoms with Gasteiger partial charge in [0.05, 0.1) is 25.9 Å². The van der Waals surface area contributed by atoms with Crippen molar-refractivity contribution < 1.29 is 23.8 Å². The third-order valence-corrected chi connectivity index (χ3v) is 3.37. The van der Waals surface area contributed by atoms with Gasteiger partial charge in [0.25, 0.3) is 0 Å². The normalized spacial score (nSPS) is 23.0. The summed E-state index contributed by atoms with van der Waals surface area (Å²) in [4.78, 5) is 11.9. The minimum absolute atomic E-state index is 0.0180. The van der Waals surface area contributed by atoms with Gasteiger partial charge in [0.15, 0.2) is 5.78 Å². The number of benzene rings is 1. The van der Waals surface area contributed by atoms with Crippen LogP contribution in [0.25, 0.3) is 0 Å². The molecule has 2 unspecified atom stereocenters. The van der Waals surface area contributed by atoms with E-state index in [1.165, 1.54) is 6.07 Å². The Balaban J connectivity index is 1.97. The third kappa shape index (κ3) is 3.85. The number of hydrogen-bond donors (Lipinski definition) is 1. The lowest BCUT2D eigenvalue weighted by Crippen LogP contribution is -2.42. The molecule has 0 bridgehead atoms. The second-order valence-corrected chi connectivity index (χ2v) is 4.81. The van der Waals surface area contributed by atoms with Crippen LogP contribution < -0.4 is 0 Å². The topological polar surface area (TPSA) is 55.8 Å². The monoisotopic (exact) mass is 282 g/mol. The molecule has 5 heteroatoms. The summed E-state index contributed by atoms with van der Waals surface area (Å²) in [5.74, 6) is -0.362. The van der Waals surface area contributed by atoms with Gasteiger partial charge in [-0.05, 0) is 18.9 Å². The first kappa shape index (κ1) is 15.1. The van der Waals surface area contributed by atoms with Gasteiger partial charge < -0.3 is 14.6 Å². The number of ether oxygens (including phenoxy) is 2. The molecule has 0 radical (unpaired) electrons. The predicted octanol–water partition coefficient (Wildman–Crippen LogP) is 1.84. The maximum atomic E-state index is 13.5. The number of carbonyl (C=O) groups is 1. The van der Waals surface area contributed by atoms with Gasteiger partial charge in [-0.25, -0.2) is 4.39 Å². The van der Waals surface area contributed by atoms with Gasteiger partial charge in [-0.2, -0.15) is 0 Å². The standard InChI is InChI=1S/C15H19FO4/c16-12-5-2-1-4-11(12)10-20-15-13(18)6-3-7-14(15)19-9-8-17/h1-2,4-5,14-15,17H,3,6-10H2. The van der Waals surface area contributed by atoms with Crippen LogP contribution in [0.3, 0.4) is 0 Å². The summed E-state index contributed by atoms with van der Waals surface area (Å²) in [6, 6.07) is 6.33. The van der Waals surface area contributed by atoms with Gasteiger partial charge in [-0.15, -0.1) is 0 Å². The van der Waals surface area contributed by atoms with Crippen LogP contribution in [0.4, 0.5) is 4.39 Å². The summed E-state index contributed by atoms with van der Waals surface area (Å²) in [6.07, 6.45) is 0.911. The highest BCUT2D eigenvalue weighted by atomic mass is 19.1. The Morgan fingerprint density at radius 3 is 2.85 bits per heavy atom. The highest BCUT2D eigenvalue weighted by Gasteiger charge is 2.33. The SMILES string of the molecule is O=C1CCCC(OCCO)C1OCc1ccccc1F. The van der Waals surface area contributed by atoms with Gasteiger partial charge in [0.2, 0.25) is 0 Å².